The quantitative estimate of drug-likeness (QED) is 0.774. The fourth-order valence-corrected chi connectivity index (χ4v) is 3.63. The number of benzene rings is 1. The number of hydrogen-bond acceptors (Lipinski definition) is 5. The number of nitrogens with one attached hydrogen (secondary N) is 1. The van der Waals surface area contributed by atoms with Gasteiger partial charge in [0, 0.05) is 30.2 Å². The minimum Gasteiger partial charge on any atom is -0.465 e. The van der Waals surface area contributed by atoms with Gasteiger partial charge < -0.3 is 19.2 Å². The van der Waals surface area contributed by atoms with E-state index in [2.05, 4.69) is 17.4 Å². The third-order valence-electron chi connectivity index (χ3n) is 5.04. The van der Waals surface area contributed by atoms with Crippen LogP contribution in [-0.2, 0) is 21.4 Å². The van der Waals surface area contributed by atoms with E-state index in [-0.39, 0.29) is 11.4 Å². The summed E-state index contributed by atoms with van der Waals surface area (Å²) in [6.07, 6.45) is 1.90. The van der Waals surface area contributed by atoms with Crippen molar-refractivity contribution in [3.8, 4) is 0 Å². The summed E-state index contributed by atoms with van der Waals surface area (Å²) in [5, 5.41) is 4.23. The molecule has 1 aliphatic heterocycles. The normalized spacial score (nSPS) is 16.4. The smallest absolute Gasteiger partial charge is 0.341 e. The highest BCUT2D eigenvalue weighted by atomic mass is 35.5. The predicted molar refractivity (Wildman–Crippen MR) is 99.7 cm³/mol. The predicted octanol–water partition coefficient (Wildman–Crippen LogP) is 3.87. The lowest BCUT2D eigenvalue weighted by Gasteiger charge is -2.38. The molecule has 5 nitrogen and oxygen atoms in total. The van der Waals surface area contributed by atoms with Crippen LogP contribution in [0.2, 0.25) is 5.02 Å². The first-order valence-corrected chi connectivity index (χ1v) is 9.14. The molecule has 2 heterocycles. The summed E-state index contributed by atoms with van der Waals surface area (Å²) in [6, 6.07) is 9.82. The Kier molecular flexibility index (Phi) is 6.01. The van der Waals surface area contributed by atoms with Gasteiger partial charge in [-0.05, 0) is 43.5 Å². The van der Waals surface area contributed by atoms with Gasteiger partial charge in [-0.15, -0.1) is 0 Å². The molecule has 3 rings (SSSR count). The van der Waals surface area contributed by atoms with E-state index in [1.54, 1.807) is 13.0 Å². The maximum absolute atomic E-state index is 11.7. The fraction of sp³-hybridized carbons (Fsp3) is 0.450. The van der Waals surface area contributed by atoms with Crippen LogP contribution in [-0.4, -0.2) is 32.8 Å². The largest absolute Gasteiger partial charge is 0.465 e. The molecule has 1 aliphatic rings. The van der Waals surface area contributed by atoms with Crippen molar-refractivity contribution in [3.63, 3.8) is 0 Å². The zero-order valence-electron chi connectivity index (χ0n) is 15.1. The number of ether oxygens (including phenoxy) is 2. The number of furan rings is 1. The Morgan fingerprint density at radius 2 is 1.96 bits per heavy atom. The minimum atomic E-state index is -0.375. The van der Waals surface area contributed by atoms with E-state index >= 15 is 0 Å². The molecule has 0 unspecified atom stereocenters. The molecule has 1 aromatic heterocycles. The van der Waals surface area contributed by atoms with Crippen LogP contribution in [0.5, 0.6) is 0 Å². The highest BCUT2D eigenvalue weighted by molar-refractivity contribution is 6.30. The summed E-state index contributed by atoms with van der Waals surface area (Å²) >= 11 is 6.04. The van der Waals surface area contributed by atoms with E-state index in [4.69, 9.17) is 25.5 Å². The molecule has 2 aromatic rings. The Morgan fingerprint density at radius 1 is 1.27 bits per heavy atom. The second kappa shape index (κ2) is 8.25. The zero-order chi connectivity index (χ0) is 18.6. The van der Waals surface area contributed by atoms with E-state index < -0.39 is 0 Å². The van der Waals surface area contributed by atoms with Crippen molar-refractivity contribution in [2.24, 2.45) is 0 Å². The van der Waals surface area contributed by atoms with Crippen molar-refractivity contribution in [1.29, 1.82) is 0 Å². The Bertz CT molecular complexity index is 748. The molecular formula is C20H24ClNO4. The van der Waals surface area contributed by atoms with Gasteiger partial charge in [-0.1, -0.05) is 23.7 Å². The molecule has 0 spiro atoms. The monoisotopic (exact) mass is 377 g/mol. The SMILES string of the molecule is COC(=O)c1cc(CNCC2(c3ccc(Cl)cc3)CCOCC2)oc1C. The van der Waals surface area contributed by atoms with Crippen molar-refractivity contribution in [2.45, 2.75) is 31.7 Å². The third kappa shape index (κ3) is 4.11. The second-order valence-corrected chi connectivity index (χ2v) is 7.11. The van der Waals surface area contributed by atoms with Gasteiger partial charge in [-0.3, -0.25) is 0 Å². The molecule has 0 amide bonds. The molecule has 1 fully saturated rings. The molecule has 140 valence electrons. The van der Waals surface area contributed by atoms with Crippen LogP contribution >= 0.6 is 11.6 Å². The van der Waals surface area contributed by atoms with Crippen molar-refractivity contribution < 1.29 is 18.7 Å². The molecule has 0 atom stereocenters. The molecule has 0 bridgehead atoms. The van der Waals surface area contributed by atoms with Crippen LogP contribution in [0.1, 0.15) is 40.3 Å². The van der Waals surface area contributed by atoms with Crippen LogP contribution in [0.15, 0.2) is 34.7 Å². The number of hydrogen-bond donors (Lipinski definition) is 1. The molecule has 6 heteroatoms. The average Bonchev–Trinajstić information content (AvgIpc) is 3.03. The first-order valence-electron chi connectivity index (χ1n) is 8.76. The van der Waals surface area contributed by atoms with Crippen LogP contribution in [0, 0.1) is 6.92 Å². The number of halogens is 1. The fourth-order valence-electron chi connectivity index (χ4n) is 3.50. The van der Waals surface area contributed by atoms with Crippen LogP contribution in [0.25, 0.3) is 0 Å². The summed E-state index contributed by atoms with van der Waals surface area (Å²) in [5.74, 6) is 0.924. The first kappa shape index (κ1) is 19.0. The van der Waals surface area contributed by atoms with Crippen LogP contribution < -0.4 is 5.32 Å². The van der Waals surface area contributed by atoms with Gasteiger partial charge in [0.05, 0.1) is 13.7 Å². The van der Waals surface area contributed by atoms with E-state index in [0.717, 1.165) is 43.4 Å². The van der Waals surface area contributed by atoms with Gasteiger partial charge >= 0.3 is 5.97 Å². The Morgan fingerprint density at radius 3 is 2.62 bits per heavy atom. The number of rotatable bonds is 6. The average molecular weight is 378 g/mol. The number of methoxy groups -OCH3 is 1. The Labute approximate surface area is 158 Å². The number of aryl methyl sites for hydroxylation is 1. The van der Waals surface area contributed by atoms with Crippen molar-refractivity contribution >= 4 is 17.6 Å². The lowest BCUT2D eigenvalue weighted by molar-refractivity contribution is 0.0496. The standard InChI is InChI=1S/C20H24ClNO4/c1-14-18(19(23)24-2)11-17(26-14)12-22-13-20(7-9-25-10-8-20)15-3-5-16(21)6-4-15/h3-6,11,22H,7-10,12-13H2,1-2H3. The lowest BCUT2D eigenvalue weighted by atomic mass is 9.74. The Hall–Kier alpha value is -1.82. The molecular weight excluding hydrogens is 354 g/mol. The molecule has 1 N–H and O–H groups in total. The maximum Gasteiger partial charge on any atom is 0.341 e. The molecule has 0 radical (unpaired) electrons. The van der Waals surface area contributed by atoms with Crippen LogP contribution in [0.3, 0.4) is 0 Å². The summed E-state index contributed by atoms with van der Waals surface area (Å²) in [5.41, 5.74) is 1.75. The zero-order valence-corrected chi connectivity index (χ0v) is 15.9. The van der Waals surface area contributed by atoms with Gasteiger partial charge in [0.25, 0.3) is 0 Å². The third-order valence-corrected chi connectivity index (χ3v) is 5.30. The molecule has 0 saturated carbocycles. The van der Waals surface area contributed by atoms with Crippen LogP contribution in [0.4, 0.5) is 0 Å². The summed E-state index contributed by atoms with van der Waals surface area (Å²) in [7, 11) is 1.37. The number of carbonyl (C=O) groups excluding carboxylic acids is 1. The second-order valence-electron chi connectivity index (χ2n) is 6.68. The lowest BCUT2D eigenvalue weighted by Crippen LogP contribution is -2.42. The topological polar surface area (TPSA) is 60.7 Å². The Balaban J connectivity index is 1.69. The molecule has 26 heavy (non-hydrogen) atoms. The highest BCUT2D eigenvalue weighted by Crippen LogP contribution is 2.35. The molecule has 1 saturated heterocycles. The van der Waals surface area contributed by atoms with Gasteiger partial charge in [0.2, 0.25) is 0 Å². The summed E-state index contributed by atoms with van der Waals surface area (Å²) < 4.78 is 16.0. The summed E-state index contributed by atoms with van der Waals surface area (Å²) in [4.78, 5) is 11.7. The number of esters is 1. The minimum absolute atomic E-state index is 0.00958. The van der Waals surface area contributed by atoms with Crippen molar-refractivity contribution in [2.75, 3.05) is 26.9 Å². The van der Waals surface area contributed by atoms with Crippen molar-refractivity contribution in [1.82, 2.24) is 5.32 Å². The van der Waals surface area contributed by atoms with E-state index in [1.165, 1.54) is 12.7 Å². The van der Waals surface area contributed by atoms with Gasteiger partial charge in [-0.2, -0.15) is 0 Å². The van der Waals surface area contributed by atoms with Gasteiger partial charge in [0.15, 0.2) is 0 Å². The highest BCUT2D eigenvalue weighted by Gasteiger charge is 2.34. The van der Waals surface area contributed by atoms with Gasteiger partial charge in [-0.25, -0.2) is 4.79 Å². The maximum atomic E-state index is 11.7. The molecule has 1 aromatic carbocycles. The molecule has 0 aliphatic carbocycles. The first-order chi connectivity index (χ1) is 12.5. The van der Waals surface area contributed by atoms with E-state index in [1.807, 2.05) is 12.1 Å². The van der Waals surface area contributed by atoms with Gasteiger partial charge in [0.1, 0.15) is 17.1 Å². The van der Waals surface area contributed by atoms with E-state index in [0.29, 0.717) is 17.9 Å². The van der Waals surface area contributed by atoms with E-state index in [9.17, 15) is 4.79 Å². The number of carbonyl (C=O) groups is 1. The summed E-state index contributed by atoms with van der Waals surface area (Å²) in [6.45, 7) is 4.61. The van der Waals surface area contributed by atoms with Crippen molar-refractivity contribution in [3.05, 3.63) is 58.0 Å².